The molecule has 1 aliphatic rings. The molecule has 0 fully saturated rings. The highest BCUT2D eigenvalue weighted by atomic mass is 16.7. The van der Waals surface area contributed by atoms with Crippen LogP contribution in [-0.4, -0.2) is 11.3 Å². The molecule has 0 spiro atoms. The van der Waals surface area contributed by atoms with Crippen LogP contribution in [0.2, 0.25) is 0 Å². The first-order chi connectivity index (χ1) is 5.16. The second-order valence-electron chi connectivity index (χ2n) is 2.90. The molecule has 0 amide bonds. The molecule has 1 aliphatic heterocycles. The zero-order chi connectivity index (χ0) is 8.91. The van der Waals surface area contributed by atoms with Gasteiger partial charge < -0.3 is 4.84 Å². The van der Waals surface area contributed by atoms with Crippen LogP contribution >= 0.6 is 0 Å². The van der Waals surface area contributed by atoms with Crippen molar-refractivity contribution < 1.29 is 4.84 Å². The lowest BCUT2D eigenvalue weighted by atomic mass is 9.98. The van der Waals surface area contributed by atoms with Crippen molar-refractivity contribution in [3.63, 3.8) is 0 Å². The van der Waals surface area contributed by atoms with Gasteiger partial charge in [-0.25, -0.2) is 0 Å². The predicted molar refractivity (Wildman–Crippen MR) is 48.9 cm³/mol. The molecule has 0 bridgehead atoms. The molecular formula is C9H19NO. The average Bonchev–Trinajstić information content (AvgIpc) is 2.37. The third-order valence-electron chi connectivity index (χ3n) is 1.80. The van der Waals surface area contributed by atoms with Crippen molar-refractivity contribution in [2.24, 2.45) is 5.16 Å². The maximum atomic E-state index is 5.19. The summed E-state index contributed by atoms with van der Waals surface area (Å²) in [5.74, 6) is 0. The van der Waals surface area contributed by atoms with E-state index in [9.17, 15) is 0 Å². The van der Waals surface area contributed by atoms with Crippen molar-refractivity contribution in [1.82, 2.24) is 0 Å². The molecule has 2 nitrogen and oxygen atoms in total. The Hall–Kier alpha value is -0.530. The monoisotopic (exact) mass is 157 g/mol. The average molecular weight is 157 g/mol. The Kier molecular flexibility index (Phi) is 4.16. The van der Waals surface area contributed by atoms with Gasteiger partial charge in [-0.3, -0.25) is 0 Å². The first kappa shape index (κ1) is 10.5. The molecular weight excluding hydrogens is 138 g/mol. The van der Waals surface area contributed by atoms with E-state index in [1.165, 1.54) is 0 Å². The van der Waals surface area contributed by atoms with Crippen LogP contribution in [0.25, 0.3) is 0 Å². The van der Waals surface area contributed by atoms with Gasteiger partial charge in [0.15, 0.2) is 0 Å². The Bertz CT molecular complexity index is 142. The number of hydrogen-bond donors (Lipinski definition) is 0. The predicted octanol–water partition coefficient (Wildman–Crippen LogP) is 2.98. The van der Waals surface area contributed by atoms with E-state index >= 15 is 0 Å². The molecule has 0 unspecified atom stereocenters. The van der Waals surface area contributed by atoms with Gasteiger partial charge in [0.1, 0.15) is 5.60 Å². The molecule has 1 rings (SSSR count). The van der Waals surface area contributed by atoms with E-state index < -0.39 is 0 Å². The highest BCUT2D eigenvalue weighted by Gasteiger charge is 2.29. The minimum atomic E-state index is 0.00405. The Labute approximate surface area is 69.6 Å². The van der Waals surface area contributed by atoms with Crippen molar-refractivity contribution in [3.05, 3.63) is 0 Å². The van der Waals surface area contributed by atoms with E-state index in [1.54, 1.807) is 0 Å². The van der Waals surface area contributed by atoms with Gasteiger partial charge in [-0.2, -0.15) is 0 Å². The van der Waals surface area contributed by atoms with Gasteiger partial charge in [-0.05, 0) is 20.3 Å². The molecule has 0 aromatic carbocycles. The summed E-state index contributed by atoms with van der Waals surface area (Å²) < 4.78 is 0. The molecule has 0 aromatic heterocycles. The van der Waals surface area contributed by atoms with Crippen LogP contribution in [0.3, 0.4) is 0 Å². The lowest BCUT2D eigenvalue weighted by molar-refractivity contribution is -0.00605. The highest BCUT2D eigenvalue weighted by Crippen LogP contribution is 2.25. The summed E-state index contributed by atoms with van der Waals surface area (Å²) in [6.07, 6.45) is 2.03. The van der Waals surface area contributed by atoms with Gasteiger partial charge in [-0.1, -0.05) is 25.9 Å². The Morgan fingerprint density at radius 2 is 2.09 bits per heavy atom. The van der Waals surface area contributed by atoms with E-state index in [4.69, 9.17) is 4.84 Å². The summed E-state index contributed by atoms with van der Waals surface area (Å²) in [4.78, 5) is 5.19. The van der Waals surface area contributed by atoms with Gasteiger partial charge >= 0.3 is 0 Å². The zero-order valence-corrected chi connectivity index (χ0v) is 8.27. The van der Waals surface area contributed by atoms with Gasteiger partial charge in [0.05, 0.1) is 5.71 Å². The minimum absolute atomic E-state index is 0.00405. The molecule has 0 saturated carbocycles. The summed E-state index contributed by atoms with van der Waals surface area (Å²) in [5.41, 5.74) is 1.11. The maximum absolute atomic E-state index is 5.19. The quantitative estimate of drug-likeness (QED) is 0.573. The third-order valence-corrected chi connectivity index (χ3v) is 1.80. The van der Waals surface area contributed by atoms with Crippen molar-refractivity contribution >= 4 is 5.71 Å². The van der Waals surface area contributed by atoms with Crippen LogP contribution in [0, 0.1) is 0 Å². The second-order valence-corrected chi connectivity index (χ2v) is 2.90. The summed E-state index contributed by atoms with van der Waals surface area (Å²) >= 11 is 0. The fourth-order valence-electron chi connectivity index (χ4n) is 0.983. The van der Waals surface area contributed by atoms with Crippen molar-refractivity contribution in [2.75, 3.05) is 0 Å². The Morgan fingerprint density at radius 1 is 1.55 bits per heavy atom. The van der Waals surface area contributed by atoms with Gasteiger partial charge in [0, 0.05) is 6.42 Å². The summed E-state index contributed by atoms with van der Waals surface area (Å²) in [7, 11) is 0. The first-order valence-electron chi connectivity index (χ1n) is 4.38. The molecule has 0 aliphatic carbocycles. The molecule has 2 heteroatoms. The lowest BCUT2D eigenvalue weighted by Crippen LogP contribution is -2.22. The van der Waals surface area contributed by atoms with Crippen LogP contribution < -0.4 is 0 Å². The summed E-state index contributed by atoms with van der Waals surface area (Å²) in [6, 6.07) is 0. The lowest BCUT2D eigenvalue weighted by Gasteiger charge is -2.17. The molecule has 1 atom stereocenters. The summed E-state index contributed by atoms with van der Waals surface area (Å²) in [6.45, 7) is 10.2. The van der Waals surface area contributed by atoms with Crippen LogP contribution in [0.1, 0.15) is 47.5 Å². The number of nitrogens with zero attached hydrogens (tertiary/aromatic N) is 1. The molecule has 11 heavy (non-hydrogen) atoms. The van der Waals surface area contributed by atoms with E-state index in [-0.39, 0.29) is 5.60 Å². The van der Waals surface area contributed by atoms with E-state index in [1.807, 2.05) is 20.8 Å². The number of hydrogen-bond acceptors (Lipinski definition) is 2. The van der Waals surface area contributed by atoms with Crippen molar-refractivity contribution in [3.8, 4) is 0 Å². The number of rotatable bonds is 1. The maximum Gasteiger partial charge on any atom is 0.140 e. The Morgan fingerprint density at radius 3 is 2.27 bits per heavy atom. The van der Waals surface area contributed by atoms with Crippen LogP contribution in [-0.2, 0) is 4.84 Å². The minimum Gasteiger partial charge on any atom is -0.389 e. The fourth-order valence-corrected chi connectivity index (χ4v) is 0.983. The first-order valence-corrected chi connectivity index (χ1v) is 4.38. The Balaban J connectivity index is 0.000000461. The van der Waals surface area contributed by atoms with Gasteiger partial charge in [0.2, 0.25) is 0 Å². The largest absolute Gasteiger partial charge is 0.389 e. The molecule has 66 valence electrons. The molecule has 1 heterocycles. The van der Waals surface area contributed by atoms with Crippen LogP contribution in [0.15, 0.2) is 5.16 Å². The van der Waals surface area contributed by atoms with Crippen molar-refractivity contribution in [2.45, 2.75) is 53.1 Å². The van der Waals surface area contributed by atoms with Gasteiger partial charge in [-0.15, -0.1) is 0 Å². The van der Waals surface area contributed by atoms with E-state index in [2.05, 4.69) is 19.0 Å². The van der Waals surface area contributed by atoms with Crippen molar-refractivity contribution in [1.29, 1.82) is 0 Å². The zero-order valence-electron chi connectivity index (χ0n) is 8.27. The number of oxime groups is 1. The van der Waals surface area contributed by atoms with E-state index in [0.29, 0.717) is 0 Å². The highest BCUT2D eigenvalue weighted by molar-refractivity contribution is 5.83. The normalized spacial score (nSPS) is 28.3. The molecule has 0 N–H and O–H groups in total. The third kappa shape index (κ3) is 2.91. The van der Waals surface area contributed by atoms with E-state index in [0.717, 1.165) is 18.6 Å². The molecule has 0 radical (unpaired) electrons. The smallest absolute Gasteiger partial charge is 0.140 e. The molecule has 0 aromatic rings. The second kappa shape index (κ2) is 4.37. The topological polar surface area (TPSA) is 21.6 Å². The summed E-state index contributed by atoms with van der Waals surface area (Å²) in [5, 5.41) is 3.88. The van der Waals surface area contributed by atoms with Crippen LogP contribution in [0.5, 0.6) is 0 Å². The standard InChI is InChI=1S/C7H13NO.C2H6/c1-4-7(3)5-6(2)8-9-7;1-2/h4-5H2,1-3H3;1-2H3/t7-;/m1./s1. The van der Waals surface area contributed by atoms with Crippen LogP contribution in [0.4, 0.5) is 0 Å². The molecule has 0 saturated heterocycles. The SMILES string of the molecule is CC.CC[C@]1(C)CC(C)=NO1. The van der Waals surface area contributed by atoms with Gasteiger partial charge in [0.25, 0.3) is 0 Å². The fraction of sp³-hybridized carbons (Fsp3) is 0.889.